The normalized spacial score (nSPS) is 16.5. The van der Waals surface area contributed by atoms with E-state index in [1.54, 1.807) is 31.2 Å². The molecule has 6 rings (SSSR count). The van der Waals surface area contributed by atoms with Gasteiger partial charge in [0, 0.05) is 76.5 Å². The van der Waals surface area contributed by atoms with E-state index in [-0.39, 0.29) is 29.4 Å². The number of pyridine rings is 1. The largest absolute Gasteiger partial charge is 0.506 e. The van der Waals surface area contributed by atoms with Crippen LogP contribution >= 0.6 is 0 Å². The Balaban J connectivity index is 0.851. The van der Waals surface area contributed by atoms with E-state index in [0.29, 0.717) is 49.2 Å². The molecule has 12 nitrogen and oxygen atoms in total. The zero-order chi connectivity index (χ0) is 37.2. The van der Waals surface area contributed by atoms with Crippen molar-refractivity contribution in [2.45, 2.75) is 43.9 Å². The van der Waals surface area contributed by atoms with Crippen LogP contribution in [0.15, 0.2) is 77.6 Å². The third-order valence-electron chi connectivity index (χ3n) is 10.5. The summed E-state index contributed by atoms with van der Waals surface area (Å²) in [6.07, 6.45) is 2.27. The van der Waals surface area contributed by atoms with Crippen molar-refractivity contribution in [2.24, 2.45) is 0 Å². The molecule has 1 spiro atoms. The molecule has 1 aromatic heterocycles. The number of hydrogen-bond acceptors (Lipinski definition) is 10. The molecular weight excluding hydrogens is 674 g/mol. The molecule has 2 aliphatic rings. The van der Waals surface area contributed by atoms with Crippen molar-refractivity contribution < 1.29 is 29.2 Å². The van der Waals surface area contributed by atoms with Crippen LogP contribution in [0.2, 0.25) is 0 Å². The number of amides is 1. The number of H-pyrrole nitrogens is 1. The van der Waals surface area contributed by atoms with Gasteiger partial charge >= 0.3 is 0 Å². The van der Waals surface area contributed by atoms with Gasteiger partial charge in [-0.05, 0) is 72.4 Å². The number of benzene rings is 3. The fourth-order valence-corrected chi connectivity index (χ4v) is 7.33. The summed E-state index contributed by atoms with van der Waals surface area (Å²) < 4.78 is 17.6. The standard InChI is InChI=1S/C41H53N5O7/c1-44(21-18-42-27-37(48)34-10-12-36(47)40-35(34)11-13-38(49)43-40)39(50)15-24-52-23-14-30-4-3-5-31(26-30)28-45-19-16-41(17-20-45)29-46(22-25-53-41)32-6-8-33(51-2)9-7-32/h3-13,26,37,42,47-48H,14-25,27-29H2,1-2H3,(H,43,49). The van der Waals surface area contributed by atoms with E-state index < -0.39 is 6.10 Å². The summed E-state index contributed by atoms with van der Waals surface area (Å²) in [5.41, 5.74) is 4.22. The maximum absolute atomic E-state index is 12.7. The molecule has 0 bridgehead atoms. The van der Waals surface area contributed by atoms with Crippen molar-refractivity contribution in [3.05, 3.63) is 99.8 Å². The van der Waals surface area contributed by atoms with E-state index in [1.807, 2.05) is 12.1 Å². The molecule has 3 aromatic carbocycles. The number of piperidine rings is 1. The number of ether oxygens (including phenoxy) is 3. The number of phenolic OH excluding ortho intramolecular Hbond substituents is 1. The number of aromatic amines is 1. The summed E-state index contributed by atoms with van der Waals surface area (Å²) in [4.78, 5) is 33.6. The van der Waals surface area contributed by atoms with E-state index >= 15 is 0 Å². The van der Waals surface area contributed by atoms with Gasteiger partial charge in [0.2, 0.25) is 11.5 Å². The van der Waals surface area contributed by atoms with Crippen molar-refractivity contribution in [3.63, 3.8) is 0 Å². The summed E-state index contributed by atoms with van der Waals surface area (Å²) in [7, 11) is 3.46. The lowest BCUT2D eigenvalue weighted by Gasteiger charge is -2.48. The number of methoxy groups -OCH3 is 1. The number of fused-ring (bicyclic) bond motifs is 1. The SMILES string of the molecule is COc1ccc(N2CCOC3(CCN(Cc4cccc(CCOCCC(=O)N(C)CCNCC(O)c5ccc(O)c6[nH]c(=O)ccc56)c4)CC3)C2)cc1. The first-order valence-electron chi connectivity index (χ1n) is 18.6. The summed E-state index contributed by atoms with van der Waals surface area (Å²) in [5, 5.41) is 24.6. The third-order valence-corrected chi connectivity index (χ3v) is 10.5. The maximum atomic E-state index is 12.7. The molecule has 3 heterocycles. The number of hydrogen-bond donors (Lipinski definition) is 4. The van der Waals surface area contributed by atoms with Crippen LogP contribution in [0, 0.1) is 0 Å². The minimum atomic E-state index is -0.855. The van der Waals surface area contributed by atoms with Crippen LogP contribution in [0.1, 0.15) is 42.1 Å². The van der Waals surface area contributed by atoms with Crippen LogP contribution in [-0.4, -0.2) is 116 Å². The summed E-state index contributed by atoms with van der Waals surface area (Å²) in [6, 6.07) is 23.1. The number of phenols is 1. The molecule has 4 N–H and O–H groups in total. The Hall–Kier alpha value is -4.46. The van der Waals surface area contributed by atoms with E-state index in [1.165, 1.54) is 28.9 Å². The number of morpholine rings is 1. The number of carbonyl (C=O) groups is 1. The smallest absolute Gasteiger partial charge is 0.248 e. The second-order valence-corrected chi connectivity index (χ2v) is 14.2. The highest BCUT2D eigenvalue weighted by molar-refractivity contribution is 5.87. The second-order valence-electron chi connectivity index (χ2n) is 14.2. The number of carbonyl (C=O) groups excluding carboxylic acids is 1. The average molecular weight is 728 g/mol. The Morgan fingerprint density at radius 3 is 2.62 bits per heavy atom. The number of aromatic hydroxyl groups is 1. The molecule has 1 atom stereocenters. The number of anilines is 1. The number of aliphatic hydroxyl groups is 1. The number of rotatable bonds is 16. The first-order chi connectivity index (χ1) is 25.7. The third kappa shape index (κ3) is 10.2. The topological polar surface area (TPSA) is 140 Å². The first-order valence-corrected chi connectivity index (χ1v) is 18.6. The summed E-state index contributed by atoms with van der Waals surface area (Å²) >= 11 is 0. The first kappa shape index (κ1) is 38.3. The second kappa shape index (κ2) is 18.0. The van der Waals surface area contributed by atoms with Gasteiger partial charge in [0.1, 0.15) is 11.5 Å². The number of likely N-dealkylation sites (tertiary alicyclic amines) is 1. The van der Waals surface area contributed by atoms with Crippen molar-refractivity contribution in [3.8, 4) is 11.5 Å². The van der Waals surface area contributed by atoms with E-state index in [4.69, 9.17) is 14.2 Å². The summed E-state index contributed by atoms with van der Waals surface area (Å²) in [6.45, 7) is 7.64. The van der Waals surface area contributed by atoms with Crippen molar-refractivity contribution >= 4 is 22.5 Å². The van der Waals surface area contributed by atoms with Gasteiger partial charge in [-0.2, -0.15) is 0 Å². The lowest BCUT2D eigenvalue weighted by molar-refractivity contribution is -0.131. The van der Waals surface area contributed by atoms with Gasteiger partial charge < -0.3 is 44.5 Å². The molecule has 4 aromatic rings. The van der Waals surface area contributed by atoms with Crippen LogP contribution in [0.25, 0.3) is 10.9 Å². The molecule has 2 fully saturated rings. The quantitative estimate of drug-likeness (QED) is 0.126. The van der Waals surface area contributed by atoms with Gasteiger partial charge in [0.05, 0.1) is 50.6 Å². The molecule has 0 radical (unpaired) electrons. The average Bonchev–Trinajstić information content (AvgIpc) is 3.17. The van der Waals surface area contributed by atoms with Crippen LogP contribution in [0.3, 0.4) is 0 Å². The highest BCUT2D eigenvalue weighted by Gasteiger charge is 2.39. The van der Waals surface area contributed by atoms with E-state index in [9.17, 15) is 19.8 Å². The Morgan fingerprint density at radius 2 is 1.83 bits per heavy atom. The van der Waals surface area contributed by atoms with Gasteiger partial charge in [0.25, 0.3) is 0 Å². The molecule has 0 aliphatic carbocycles. The van der Waals surface area contributed by atoms with Crippen LogP contribution in [-0.2, 0) is 27.2 Å². The molecule has 2 saturated heterocycles. The predicted octanol–water partition coefficient (Wildman–Crippen LogP) is 3.84. The van der Waals surface area contributed by atoms with Crippen LogP contribution < -0.4 is 20.5 Å². The van der Waals surface area contributed by atoms with Crippen molar-refractivity contribution in [1.82, 2.24) is 20.1 Å². The van der Waals surface area contributed by atoms with Gasteiger partial charge in [-0.1, -0.05) is 30.3 Å². The lowest BCUT2D eigenvalue weighted by Crippen LogP contribution is -2.56. The maximum Gasteiger partial charge on any atom is 0.248 e. The molecular formula is C41H53N5O7. The van der Waals surface area contributed by atoms with Gasteiger partial charge in [-0.3, -0.25) is 14.5 Å². The Kier molecular flexibility index (Phi) is 13.0. The molecule has 2 aliphatic heterocycles. The fourth-order valence-electron chi connectivity index (χ4n) is 7.33. The molecule has 284 valence electrons. The highest BCUT2D eigenvalue weighted by atomic mass is 16.5. The zero-order valence-corrected chi connectivity index (χ0v) is 30.9. The number of likely N-dealkylation sites (N-methyl/N-ethyl adjacent to an activating group) is 1. The van der Waals surface area contributed by atoms with Crippen LogP contribution in [0.4, 0.5) is 5.69 Å². The number of aliphatic hydroxyl groups excluding tert-OH is 1. The van der Waals surface area contributed by atoms with Gasteiger partial charge in [-0.25, -0.2) is 0 Å². The molecule has 1 amide bonds. The number of nitrogens with one attached hydrogen (secondary N) is 2. The minimum Gasteiger partial charge on any atom is -0.506 e. The Morgan fingerprint density at radius 1 is 1.04 bits per heavy atom. The molecule has 1 unspecified atom stereocenters. The molecule has 0 saturated carbocycles. The Labute approximate surface area is 311 Å². The highest BCUT2D eigenvalue weighted by Crippen LogP contribution is 2.33. The lowest BCUT2D eigenvalue weighted by atomic mass is 9.89. The van der Waals surface area contributed by atoms with Crippen LogP contribution in [0.5, 0.6) is 11.5 Å². The van der Waals surface area contributed by atoms with Gasteiger partial charge in [-0.15, -0.1) is 0 Å². The predicted molar refractivity (Wildman–Crippen MR) is 206 cm³/mol. The molecule has 12 heteroatoms. The Bertz CT molecular complexity index is 1860. The minimum absolute atomic E-state index is 0.00166. The zero-order valence-electron chi connectivity index (χ0n) is 30.9. The van der Waals surface area contributed by atoms with E-state index in [2.05, 4.69) is 56.5 Å². The van der Waals surface area contributed by atoms with Crippen molar-refractivity contribution in [1.29, 1.82) is 0 Å². The summed E-state index contributed by atoms with van der Waals surface area (Å²) in [5.74, 6) is 0.823. The van der Waals surface area contributed by atoms with E-state index in [0.717, 1.165) is 64.3 Å². The van der Waals surface area contributed by atoms with Gasteiger partial charge in [0.15, 0.2) is 0 Å². The monoisotopic (exact) mass is 727 g/mol. The van der Waals surface area contributed by atoms with Crippen molar-refractivity contribution in [2.75, 3.05) is 84.7 Å². The molecule has 53 heavy (non-hydrogen) atoms. The number of nitrogens with zero attached hydrogens (tertiary/aromatic N) is 3. The fraction of sp³-hybridized carbons (Fsp3) is 0.463. The number of aromatic nitrogens is 1.